The van der Waals surface area contributed by atoms with E-state index >= 15 is 0 Å². The fourth-order valence-electron chi connectivity index (χ4n) is 3.20. The monoisotopic (exact) mass is 331 g/mol. The van der Waals surface area contributed by atoms with Crippen molar-refractivity contribution in [2.75, 3.05) is 13.1 Å². The second-order valence-corrected chi connectivity index (χ2v) is 6.75. The Labute approximate surface area is 141 Å². The molecule has 1 atom stereocenters. The average Bonchev–Trinajstić information content (AvgIpc) is 3.39. The van der Waals surface area contributed by atoms with Crippen molar-refractivity contribution in [2.45, 2.75) is 44.4 Å². The van der Waals surface area contributed by atoms with Gasteiger partial charge < -0.3 is 10.4 Å². The number of nitrogens with one attached hydrogen (secondary N) is 1. The molecule has 2 aliphatic rings. The number of nitrogens with zero attached hydrogens (tertiary/aromatic N) is 2. The highest BCUT2D eigenvalue weighted by molar-refractivity contribution is 5.81. The van der Waals surface area contributed by atoms with Gasteiger partial charge in [-0.2, -0.15) is 5.26 Å². The van der Waals surface area contributed by atoms with Gasteiger partial charge in [0.25, 0.3) is 0 Å². The van der Waals surface area contributed by atoms with E-state index in [1.54, 1.807) is 0 Å². The highest BCUT2D eigenvalue weighted by Crippen LogP contribution is 2.25. The van der Waals surface area contributed by atoms with Gasteiger partial charge in [0.15, 0.2) is 0 Å². The van der Waals surface area contributed by atoms with Crippen LogP contribution >= 0.6 is 0 Å². The molecule has 3 rings (SSSR count). The molecule has 1 saturated carbocycles. The summed E-state index contributed by atoms with van der Waals surface area (Å²) in [5.74, 6) is -0.637. The lowest BCUT2D eigenvalue weighted by atomic mass is 9.90. The Morgan fingerprint density at radius 1 is 1.38 bits per heavy atom. The van der Waals surface area contributed by atoms with Crippen LogP contribution in [0.1, 0.15) is 36.8 Å². The van der Waals surface area contributed by atoms with E-state index in [4.69, 9.17) is 5.26 Å². The van der Waals surface area contributed by atoms with E-state index in [1.165, 1.54) is 18.2 Å². The molecule has 0 bridgehead atoms. The van der Waals surface area contributed by atoms with Crippen molar-refractivity contribution in [1.29, 1.82) is 5.26 Å². The van der Waals surface area contributed by atoms with Gasteiger partial charge in [-0.1, -0.05) is 0 Å². The summed E-state index contributed by atoms with van der Waals surface area (Å²) in [5.41, 5.74) is 1.17. The van der Waals surface area contributed by atoms with E-state index in [0.29, 0.717) is 17.7 Å². The van der Waals surface area contributed by atoms with Crippen LogP contribution < -0.4 is 5.32 Å². The summed E-state index contributed by atoms with van der Waals surface area (Å²) in [6.45, 7) is 1.96. The highest BCUT2D eigenvalue weighted by Gasteiger charge is 2.33. The number of benzene rings is 1. The molecule has 0 radical (unpaired) electrons. The number of halogens is 1. The number of nitriles is 1. The molecule has 2 fully saturated rings. The smallest absolute Gasteiger partial charge is 0.249 e. The predicted octanol–water partition coefficient (Wildman–Crippen LogP) is 1.55. The molecule has 1 aromatic carbocycles. The predicted molar refractivity (Wildman–Crippen MR) is 86.3 cm³/mol. The summed E-state index contributed by atoms with van der Waals surface area (Å²) in [6, 6.07) is 6.55. The van der Waals surface area contributed by atoms with E-state index in [-0.39, 0.29) is 23.7 Å². The fourth-order valence-corrected chi connectivity index (χ4v) is 3.20. The largest absolute Gasteiger partial charge is 0.383 e. The van der Waals surface area contributed by atoms with Crippen LogP contribution in [-0.4, -0.2) is 41.1 Å². The quantitative estimate of drug-likeness (QED) is 0.858. The third kappa shape index (κ3) is 4.11. The number of carbonyl (C=O) groups is 1. The molecule has 128 valence electrons. The van der Waals surface area contributed by atoms with Crippen molar-refractivity contribution < 1.29 is 14.3 Å². The molecule has 0 spiro atoms. The van der Waals surface area contributed by atoms with Gasteiger partial charge in [0.05, 0.1) is 11.6 Å². The van der Waals surface area contributed by atoms with Gasteiger partial charge in [-0.3, -0.25) is 9.69 Å². The van der Waals surface area contributed by atoms with Crippen LogP contribution in [-0.2, 0) is 11.3 Å². The Balaban J connectivity index is 1.52. The molecule has 5 nitrogen and oxygen atoms in total. The third-order valence-electron chi connectivity index (χ3n) is 4.85. The van der Waals surface area contributed by atoms with Crippen molar-refractivity contribution in [3.63, 3.8) is 0 Å². The normalized spacial score (nSPS) is 20.4. The number of likely N-dealkylation sites (tertiary alicyclic amines) is 1. The molecule has 1 aromatic rings. The van der Waals surface area contributed by atoms with Crippen molar-refractivity contribution >= 4 is 5.91 Å². The summed E-state index contributed by atoms with van der Waals surface area (Å²) < 4.78 is 13.4. The van der Waals surface area contributed by atoms with Crippen LogP contribution in [0, 0.1) is 23.1 Å². The number of piperidine rings is 1. The van der Waals surface area contributed by atoms with Crippen molar-refractivity contribution in [2.24, 2.45) is 5.92 Å². The lowest BCUT2D eigenvalue weighted by molar-refractivity contribution is -0.133. The van der Waals surface area contributed by atoms with Crippen molar-refractivity contribution in [1.82, 2.24) is 10.2 Å². The van der Waals surface area contributed by atoms with Gasteiger partial charge in [0.1, 0.15) is 11.9 Å². The van der Waals surface area contributed by atoms with Crippen molar-refractivity contribution in [3.05, 3.63) is 35.1 Å². The SMILES string of the molecule is N#Cc1ccc(F)cc1CN1CCC(C(O)C(=O)NC2CC2)CC1. The number of aliphatic hydroxyl groups excluding tert-OH is 1. The van der Waals surface area contributed by atoms with Gasteiger partial charge >= 0.3 is 0 Å². The zero-order valence-corrected chi connectivity index (χ0v) is 13.5. The Hall–Kier alpha value is -1.97. The second-order valence-electron chi connectivity index (χ2n) is 6.75. The third-order valence-corrected chi connectivity index (χ3v) is 4.85. The lowest BCUT2D eigenvalue weighted by Gasteiger charge is -2.33. The van der Waals surface area contributed by atoms with E-state index in [0.717, 1.165) is 38.8 Å². The van der Waals surface area contributed by atoms with Gasteiger partial charge in [-0.15, -0.1) is 0 Å². The molecular weight excluding hydrogens is 309 g/mol. The van der Waals surface area contributed by atoms with Gasteiger partial charge in [-0.05, 0) is 68.5 Å². The molecule has 2 N–H and O–H groups in total. The van der Waals surface area contributed by atoms with E-state index in [9.17, 15) is 14.3 Å². The number of carbonyl (C=O) groups excluding carboxylic acids is 1. The van der Waals surface area contributed by atoms with Gasteiger partial charge in [0, 0.05) is 12.6 Å². The Kier molecular flexibility index (Phi) is 5.12. The molecule has 0 aromatic heterocycles. The fraction of sp³-hybridized carbons (Fsp3) is 0.556. The van der Waals surface area contributed by atoms with E-state index < -0.39 is 6.10 Å². The Morgan fingerprint density at radius 3 is 2.71 bits per heavy atom. The van der Waals surface area contributed by atoms with Crippen LogP contribution in [0.15, 0.2) is 18.2 Å². The summed E-state index contributed by atoms with van der Waals surface area (Å²) in [5, 5.41) is 22.2. The molecule has 1 amide bonds. The van der Waals surface area contributed by atoms with Crippen molar-refractivity contribution in [3.8, 4) is 6.07 Å². The van der Waals surface area contributed by atoms with Crippen LogP contribution in [0.5, 0.6) is 0 Å². The molecule has 6 heteroatoms. The minimum Gasteiger partial charge on any atom is -0.383 e. The standard InChI is InChI=1S/C18H22FN3O2/c19-15-2-1-13(10-20)14(9-15)11-22-7-5-12(6-8-22)17(23)18(24)21-16-3-4-16/h1-2,9,12,16-17,23H,3-8,11H2,(H,21,24). The number of rotatable bonds is 5. The first-order valence-electron chi connectivity index (χ1n) is 8.46. The number of aliphatic hydroxyl groups is 1. The second kappa shape index (κ2) is 7.29. The zero-order valence-electron chi connectivity index (χ0n) is 13.5. The first-order valence-corrected chi connectivity index (χ1v) is 8.46. The topological polar surface area (TPSA) is 76.4 Å². The highest BCUT2D eigenvalue weighted by atomic mass is 19.1. The van der Waals surface area contributed by atoms with Crippen LogP contribution in [0.2, 0.25) is 0 Å². The summed E-state index contributed by atoms with van der Waals surface area (Å²) in [4.78, 5) is 14.1. The minimum absolute atomic E-state index is 0.0389. The summed E-state index contributed by atoms with van der Waals surface area (Å²) in [7, 11) is 0. The first-order chi connectivity index (χ1) is 11.6. The first kappa shape index (κ1) is 16.9. The molecule has 1 saturated heterocycles. The maximum Gasteiger partial charge on any atom is 0.249 e. The van der Waals surface area contributed by atoms with E-state index in [2.05, 4.69) is 16.3 Å². The molecule has 1 aliphatic heterocycles. The minimum atomic E-state index is -0.948. The van der Waals surface area contributed by atoms with E-state index in [1.807, 2.05) is 0 Å². The molecule has 1 unspecified atom stereocenters. The maximum atomic E-state index is 13.4. The number of hydrogen-bond donors (Lipinski definition) is 2. The number of hydrogen-bond acceptors (Lipinski definition) is 4. The Morgan fingerprint density at radius 2 is 2.08 bits per heavy atom. The van der Waals surface area contributed by atoms with Gasteiger partial charge in [-0.25, -0.2) is 4.39 Å². The molecular formula is C18H22FN3O2. The zero-order chi connectivity index (χ0) is 17.1. The van der Waals surface area contributed by atoms with Crippen LogP contribution in [0.25, 0.3) is 0 Å². The molecule has 1 heterocycles. The maximum absolute atomic E-state index is 13.4. The summed E-state index contributed by atoms with van der Waals surface area (Å²) >= 11 is 0. The lowest BCUT2D eigenvalue weighted by Crippen LogP contribution is -2.45. The van der Waals surface area contributed by atoms with Crippen LogP contribution in [0.3, 0.4) is 0 Å². The molecule has 24 heavy (non-hydrogen) atoms. The summed E-state index contributed by atoms with van der Waals surface area (Å²) in [6.07, 6.45) is 2.50. The Bertz CT molecular complexity index is 646. The number of amides is 1. The van der Waals surface area contributed by atoms with Crippen LogP contribution in [0.4, 0.5) is 4.39 Å². The van der Waals surface area contributed by atoms with Gasteiger partial charge in [0.2, 0.25) is 5.91 Å². The average molecular weight is 331 g/mol. The molecule has 1 aliphatic carbocycles.